The predicted molar refractivity (Wildman–Crippen MR) is 76.2 cm³/mol. The molecule has 2 aromatic rings. The third-order valence-corrected chi connectivity index (χ3v) is 3.10. The van der Waals surface area contributed by atoms with E-state index in [1.807, 2.05) is 0 Å². The Morgan fingerprint density at radius 2 is 1.95 bits per heavy atom. The lowest BCUT2D eigenvalue weighted by Gasteiger charge is -2.14. The molecule has 7 heteroatoms. The number of aromatic nitrogens is 1. The minimum atomic E-state index is -4.43. The maximum absolute atomic E-state index is 13.1. The fourth-order valence-electron chi connectivity index (χ4n) is 1.81. The highest BCUT2D eigenvalue weighted by Crippen LogP contribution is 2.35. The number of nitrogens with one attached hydrogen (secondary N) is 1. The fraction of sp³-hybridized carbons (Fsp3) is 0.214. The first-order chi connectivity index (χ1) is 9.90. The van der Waals surface area contributed by atoms with Crippen LogP contribution in [0.25, 0.3) is 0 Å². The van der Waals surface area contributed by atoms with Crippen molar-refractivity contribution in [2.24, 2.45) is 0 Å². The summed E-state index contributed by atoms with van der Waals surface area (Å²) in [5.74, 6) is 0.473. The third-order valence-electron chi connectivity index (χ3n) is 2.67. The number of hydrogen-bond donors (Lipinski definition) is 1. The molecule has 0 aliphatic heterocycles. The molecule has 0 amide bonds. The van der Waals surface area contributed by atoms with Crippen LogP contribution in [0, 0.1) is 0 Å². The van der Waals surface area contributed by atoms with Gasteiger partial charge in [-0.15, -0.1) is 0 Å². The van der Waals surface area contributed by atoms with Crippen molar-refractivity contribution < 1.29 is 17.9 Å². The Balaban J connectivity index is 2.33. The summed E-state index contributed by atoms with van der Waals surface area (Å²) in [6, 6.07) is 5.53. The summed E-state index contributed by atoms with van der Waals surface area (Å²) in [6.07, 6.45) is -1.44. The zero-order valence-electron chi connectivity index (χ0n) is 11.0. The molecule has 0 spiro atoms. The zero-order valence-corrected chi connectivity index (χ0v) is 12.6. The van der Waals surface area contributed by atoms with Crippen LogP contribution in [0.2, 0.25) is 0 Å². The van der Waals surface area contributed by atoms with Crippen LogP contribution in [0.1, 0.15) is 11.1 Å². The highest BCUT2D eigenvalue weighted by atomic mass is 79.9. The lowest BCUT2D eigenvalue weighted by Crippen LogP contribution is -2.14. The highest BCUT2D eigenvalue weighted by molar-refractivity contribution is 9.10. The van der Waals surface area contributed by atoms with E-state index >= 15 is 0 Å². The van der Waals surface area contributed by atoms with Gasteiger partial charge in [-0.05, 0) is 46.7 Å². The van der Waals surface area contributed by atoms with Gasteiger partial charge < -0.3 is 10.1 Å². The first-order valence-corrected chi connectivity index (χ1v) is 6.82. The molecule has 0 bridgehead atoms. The molecule has 0 saturated carbocycles. The monoisotopic (exact) mass is 360 g/mol. The van der Waals surface area contributed by atoms with Crippen molar-refractivity contribution in [3.05, 3.63) is 52.3 Å². The van der Waals surface area contributed by atoms with Crippen molar-refractivity contribution in [2.75, 3.05) is 7.05 Å². The summed E-state index contributed by atoms with van der Waals surface area (Å²) < 4.78 is 45.3. The van der Waals surface area contributed by atoms with Gasteiger partial charge in [0.25, 0.3) is 0 Å². The normalized spacial score (nSPS) is 11.5. The Bertz CT molecular complexity index is 632. The Labute approximate surface area is 128 Å². The second-order valence-corrected chi connectivity index (χ2v) is 5.20. The Kier molecular flexibility index (Phi) is 4.84. The highest BCUT2D eigenvalue weighted by Gasteiger charge is 2.33. The van der Waals surface area contributed by atoms with Crippen molar-refractivity contribution >= 4 is 15.9 Å². The van der Waals surface area contributed by atoms with Crippen molar-refractivity contribution in [1.82, 2.24) is 10.3 Å². The number of rotatable bonds is 4. The van der Waals surface area contributed by atoms with E-state index in [9.17, 15) is 13.2 Å². The van der Waals surface area contributed by atoms with Crippen LogP contribution >= 0.6 is 15.9 Å². The van der Waals surface area contributed by atoms with Crippen LogP contribution in [0.3, 0.4) is 0 Å². The molecule has 1 aromatic heterocycles. The maximum atomic E-state index is 13.1. The van der Waals surface area contributed by atoms with Gasteiger partial charge in [0.15, 0.2) is 0 Å². The molecule has 3 nitrogen and oxygen atoms in total. The molecule has 0 radical (unpaired) electrons. The van der Waals surface area contributed by atoms with Gasteiger partial charge >= 0.3 is 6.18 Å². The van der Waals surface area contributed by atoms with Gasteiger partial charge in [-0.3, -0.25) is 4.98 Å². The van der Waals surface area contributed by atoms with E-state index in [0.717, 1.165) is 6.07 Å². The molecule has 1 N–H and O–H groups in total. The number of hydrogen-bond acceptors (Lipinski definition) is 3. The van der Waals surface area contributed by atoms with Crippen molar-refractivity contribution in [3.63, 3.8) is 0 Å². The number of halogens is 4. The van der Waals surface area contributed by atoms with Gasteiger partial charge in [0.1, 0.15) is 11.5 Å². The molecule has 1 aromatic carbocycles. The second-order valence-electron chi connectivity index (χ2n) is 4.29. The molecule has 0 saturated heterocycles. The van der Waals surface area contributed by atoms with Gasteiger partial charge in [0.2, 0.25) is 0 Å². The van der Waals surface area contributed by atoms with Crippen molar-refractivity contribution in [3.8, 4) is 11.5 Å². The number of ether oxygens (including phenoxy) is 1. The van der Waals surface area contributed by atoms with Crippen LogP contribution in [0.15, 0.2) is 41.1 Å². The maximum Gasteiger partial charge on any atom is 0.416 e. The minimum Gasteiger partial charge on any atom is -0.456 e. The van der Waals surface area contributed by atoms with Gasteiger partial charge in [-0.25, -0.2) is 0 Å². The van der Waals surface area contributed by atoms with Crippen LogP contribution in [-0.4, -0.2) is 12.0 Å². The summed E-state index contributed by atoms with van der Waals surface area (Å²) >= 11 is 3.22. The molecule has 0 fully saturated rings. The van der Waals surface area contributed by atoms with Gasteiger partial charge in [0.05, 0.1) is 11.8 Å². The first kappa shape index (κ1) is 15.8. The summed E-state index contributed by atoms with van der Waals surface area (Å²) in [7, 11) is 1.59. The van der Waals surface area contributed by atoms with Crippen LogP contribution in [0.4, 0.5) is 13.2 Å². The number of benzene rings is 1. The summed E-state index contributed by atoms with van der Waals surface area (Å²) in [6.45, 7) is 0.133. The molecule has 0 aliphatic carbocycles. The number of nitrogens with zero attached hydrogens (tertiary/aromatic N) is 1. The predicted octanol–water partition coefficient (Wildman–Crippen LogP) is 4.37. The largest absolute Gasteiger partial charge is 0.456 e. The van der Waals surface area contributed by atoms with Gasteiger partial charge in [0, 0.05) is 17.2 Å². The topological polar surface area (TPSA) is 34.1 Å². The molecule has 0 unspecified atom stereocenters. The Morgan fingerprint density at radius 1 is 1.19 bits per heavy atom. The molecule has 1 heterocycles. The minimum absolute atomic E-state index is 0.113. The van der Waals surface area contributed by atoms with E-state index in [1.165, 1.54) is 18.3 Å². The molecule has 112 valence electrons. The van der Waals surface area contributed by atoms with Crippen molar-refractivity contribution in [2.45, 2.75) is 12.7 Å². The first-order valence-electron chi connectivity index (χ1n) is 6.03. The van der Waals surface area contributed by atoms with Gasteiger partial charge in [-0.1, -0.05) is 6.07 Å². The molecular weight excluding hydrogens is 349 g/mol. The SMILES string of the molecule is CNCc1ccc(Oc2cncc(Br)c2)cc1C(F)(F)F. The smallest absolute Gasteiger partial charge is 0.416 e. The van der Waals surface area contributed by atoms with E-state index in [0.29, 0.717) is 10.2 Å². The summed E-state index contributed by atoms with van der Waals surface area (Å²) in [4.78, 5) is 3.89. The average Bonchev–Trinajstić information content (AvgIpc) is 2.39. The third kappa shape index (κ3) is 4.18. The van der Waals surface area contributed by atoms with E-state index in [4.69, 9.17) is 4.74 Å². The van der Waals surface area contributed by atoms with Crippen LogP contribution in [0.5, 0.6) is 11.5 Å². The average molecular weight is 361 g/mol. The van der Waals surface area contributed by atoms with E-state index in [1.54, 1.807) is 19.3 Å². The van der Waals surface area contributed by atoms with E-state index in [-0.39, 0.29) is 17.9 Å². The Morgan fingerprint density at radius 3 is 2.57 bits per heavy atom. The van der Waals surface area contributed by atoms with Crippen LogP contribution < -0.4 is 10.1 Å². The molecule has 0 aliphatic rings. The van der Waals surface area contributed by atoms with Gasteiger partial charge in [-0.2, -0.15) is 13.2 Å². The zero-order chi connectivity index (χ0) is 15.5. The summed E-state index contributed by atoms with van der Waals surface area (Å²) in [5, 5.41) is 2.72. The number of alkyl halides is 3. The molecular formula is C14H12BrF3N2O. The second kappa shape index (κ2) is 6.44. The molecule has 21 heavy (non-hydrogen) atoms. The molecule has 2 rings (SSSR count). The Hall–Kier alpha value is -1.60. The lowest BCUT2D eigenvalue weighted by molar-refractivity contribution is -0.138. The fourth-order valence-corrected chi connectivity index (χ4v) is 2.16. The lowest BCUT2D eigenvalue weighted by atomic mass is 10.1. The summed E-state index contributed by atoms with van der Waals surface area (Å²) in [5.41, 5.74) is -0.540. The molecule has 0 atom stereocenters. The van der Waals surface area contributed by atoms with Crippen LogP contribution in [-0.2, 0) is 12.7 Å². The van der Waals surface area contributed by atoms with E-state index < -0.39 is 11.7 Å². The van der Waals surface area contributed by atoms with E-state index in [2.05, 4.69) is 26.2 Å². The standard InChI is InChI=1S/C14H12BrF3N2O/c1-19-6-9-2-3-11(5-13(9)14(16,17)18)21-12-4-10(15)7-20-8-12/h2-5,7-8,19H,6H2,1H3. The quantitative estimate of drug-likeness (QED) is 0.878. The van der Waals surface area contributed by atoms with Crippen molar-refractivity contribution in [1.29, 1.82) is 0 Å². The number of pyridine rings is 1.